The smallest absolute Gasteiger partial charge is 0.306 e. The molecule has 0 bridgehead atoms. The Morgan fingerprint density at radius 3 is 2.51 bits per heavy atom. The van der Waals surface area contributed by atoms with Gasteiger partial charge < -0.3 is 4.57 Å². The van der Waals surface area contributed by atoms with Crippen molar-refractivity contribution < 1.29 is 30.4 Å². The minimum absolute atomic E-state index is 0.135. The summed E-state index contributed by atoms with van der Waals surface area (Å²) >= 11 is 0. The van der Waals surface area contributed by atoms with Gasteiger partial charge in [-0.25, -0.2) is 26.9 Å². The standard InChI is InChI=1S/C22H18F5N5O2S/c1-2-8-35(33,34)12-15-6-7-17(23)21(20(15)24)32-10-18(29-30-32)14-4-3-5-16(9-14)31-11-19(28-13-31)22(25,26)27/h3-7,9-11,13H,2,8,12H2,1H3. The van der Waals surface area contributed by atoms with Crippen LogP contribution < -0.4 is 0 Å². The number of hydrogen-bond acceptors (Lipinski definition) is 5. The average Bonchev–Trinajstić information content (AvgIpc) is 3.46. The predicted octanol–water partition coefficient (Wildman–Crippen LogP) is 4.74. The third-order valence-electron chi connectivity index (χ3n) is 5.07. The van der Waals surface area contributed by atoms with E-state index in [0.717, 1.165) is 29.3 Å². The van der Waals surface area contributed by atoms with Crippen LogP contribution in [-0.4, -0.2) is 38.7 Å². The molecule has 0 aliphatic carbocycles. The highest BCUT2D eigenvalue weighted by atomic mass is 32.2. The van der Waals surface area contributed by atoms with E-state index in [0.29, 0.717) is 17.7 Å². The SMILES string of the molecule is CCCS(=O)(=O)Cc1ccc(F)c(-n2cc(-c3cccc(-n4cnc(C(F)(F)F)c4)c3)nn2)c1F. The fourth-order valence-electron chi connectivity index (χ4n) is 3.47. The number of rotatable bonds is 7. The molecule has 0 N–H and O–H groups in total. The molecule has 2 aromatic carbocycles. The van der Waals surface area contributed by atoms with Gasteiger partial charge in [-0.05, 0) is 24.6 Å². The predicted molar refractivity (Wildman–Crippen MR) is 117 cm³/mol. The first-order valence-electron chi connectivity index (χ1n) is 10.3. The van der Waals surface area contributed by atoms with Crippen molar-refractivity contribution in [3.05, 3.63) is 78.0 Å². The molecule has 0 spiro atoms. The van der Waals surface area contributed by atoms with E-state index >= 15 is 4.39 Å². The second kappa shape index (κ2) is 9.21. The Labute approximate surface area is 196 Å². The third-order valence-corrected chi connectivity index (χ3v) is 6.85. The molecule has 35 heavy (non-hydrogen) atoms. The van der Waals surface area contributed by atoms with Crippen LogP contribution in [0.3, 0.4) is 0 Å². The van der Waals surface area contributed by atoms with Gasteiger partial charge >= 0.3 is 6.18 Å². The molecule has 0 fully saturated rings. The van der Waals surface area contributed by atoms with Crippen molar-refractivity contribution in [2.45, 2.75) is 25.3 Å². The lowest BCUT2D eigenvalue weighted by atomic mass is 10.1. The minimum Gasteiger partial charge on any atom is -0.306 e. The zero-order valence-electron chi connectivity index (χ0n) is 18.2. The fourth-order valence-corrected chi connectivity index (χ4v) is 4.93. The molecular formula is C22H18F5N5O2S. The van der Waals surface area contributed by atoms with E-state index in [9.17, 15) is 26.0 Å². The number of benzene rings is 2. The van der Waals surface area contributed by atoms with Crippen LogP contribution in [0.2, 0.25) is 0 Å². The highest BCUT2D eigenvalue weighted by Crippen LogP contribution is 2.29. The molecule has 7 nitrogen and oxygen atoms in total. The summed E-state index contributed by atoms with van der Waals surface area (Å²) in [5.74, 6) is -2.77. The van der Waals surface area contributed by atoms with Crippen LogP contribution in [0, 0.1) is 11.6 Å². The van der Waals surface area contributed by atoms with E-state index in [1.807, 2.05) is 0 Å². The first-order chi connectivity index (χ1) is 16.5. The van der Waals surface area contributed by atoms with Crippen molar-refractivity contribution in [2.24, 2.45) is 0 Å². The van der Waals surface area contributed by atoms with Gasteiger partial charge in [0.1, 0.15) is 11.4 Å². The lowest BCUT2D eigenvalue weighted by Gasteiger charge is -2.09. The lowest BCUT2D eigenvalue weighted by Crippen LogP contribution is -2.12. The van der Waals surface area contributed by atoms with E-state index in [1.54, 1.807) is 25.1 Å². The van der Waals surface area contributed by atoms with Gasteiger partial charge in [-0.15, -0.1) is 5.10 Å². The molecule has 4 rings (SSSR count). The molecular weight excluding hydrogens is 493 g/mol. The lowest BCUT2D eigenvalue weighted by molar-refractivity contribution is -0.140. The van der Waals surface area contributed by atoms with E-state index in [-0.39, 0.29) is 17.0 Å². The highest BCUT2D eigenvalue weighted by molar-refractivity contribution is 7.90. The van der Waals surface area contributed by atoms with Crippen molar-refractivity contribution in [3.63, 3.8) is 0 Å². The molecule has 2 aromatic heterocycles. The van der Waals surface area contributed by atoms with Crippen LogP contribution in [0.1, 0.15) is 24.6 Å². The second-order valence-corrected chi connectivity index (χ2v) is 9.91. The van der Waals surface area contributed by atoms with Crippen LogP contribution >= 0.6 is 0 Å². The maximum atomic E-state index is 15.1. The first kappa shape index (κ1) is 24.5. The first-order valence-corrected chi connectivity index (χ1v) is 12.1. The zero-order valence-corrected chi connectivity index (χ0v) is 19.0. The van der Waals surface area contributed by atoms with Gasteiger partial charge in [0.05, 0.1) is 24.0 Å². The topological polar surface area (TPSA) is 82.7 Å². The van der Waals surface area contributed by atoms with Crippen LogP contribution in [-0.2, 0) is 21.8 Å². The number of nitrogens with zero attached hydrogens (tertiary/aromatic N) is 5. The van der Waals surface area contributed by atoms with Gasteiger partial charge in [0.25, 0.3) is 0 Å². The Bertz CT molecular complexity index is 1480. The summed E-state index contributed by atoms with van der Waals surface area (Å²) in [7, 11) is -3.58. The Hall–Kier alpha value is -3.61. The molecule has 184 valence electrons. The van der Waals surface area contributed by atoms with Crippen molar-refractivity contribution in [1.82, 2.24) is 24.5 Å². The molecule has 0 saturated carbocycles. The monoisotopic (exact) mass is 511 g/mol. The average molecular weight is 511 g/mol. The molecule has 0 amide bonds. The molecule has 0 aliphatic heterocycles. The van der Waals surface area contributed by atoms with Gasteiger partial charge in [-0.3, -0.25) is 0 Å². The molecule has 0 radical (unpaired) electrons. The summed E-state index contributed by atoms with van der Waals surface area (Å²) in [6, 6.07) is 8.25. The van der Waals surface area contributed by atoms with Crippen LogP contribution in [0.5, 0.6) is 0 Å². The molecule has 4 aromatic rings. The summed E-state index contributed by atoms with van der Waals surface area (Å²) in [5, 5.41) is 7.68. The van der Waals surface area contributed by atoms with E-state index in [2.05, 4.69) is 15.3 Å². The summed E-state index contributed by atoms with van der Waals surface area (Å²) in [6.45, 7) is 1.68. The number of sulfone groups is 1. The van der Waals surface area contributed by atoms with Gasteiger partial charge in [-0.1, -0.05) is 30.3 Å². The highest BCUT2D eigenvalue weighted by Gasteiger charge is 2.33. The van der Waals surface area contributed by atoms with Gasteiger partial charge in [0, 0.05) is 23.0 Å². The third kappa shape index (κ3) is 5.24. The molecule has 0 unspecified atom stereocenters. The minimum atomic E-state index is -4.59. The number of aromatic nitrogens is 5. The van der Waals surface area contributed by atoms with Crippen LogP contribution in [0.25, 0.3) is 22.6 Å². The second-order valence-electron chi connectivity index (χ2n) is 7.72. The molecule has 13 heteroatoms. The fraction of sp³-hybridized carbons (Fsp3) is 0.227. The Kier molecular flexibility index (Phi) is 6.45. The molecule has 0 saturated heterocycles. The number of halogens is 5. The Balaban J connectivity index is 1.67. The summed E-state index contributed by atoms with van der Waals surface area (Å²) in [6.07, 6.45) is -1.15. The van der Waals surface area contributed by atoms with Crippen LogP contribution in [0.15, 0.2) is 55.1 Å². The Morgan fingerprint density at radius 1 is 1.06 bits per heavy atom. The molecule has 0 atom stereocenters. The summed E-state index contributed by atoms with van der Waals surface area (Å²) in [4.78, 5) is 3.35. The van der Waals surface area contributed by atoms with E-state index in [1.165, 1.54) is 16.8 Å². The molecule has 2 heterocycles. The summed E-state index contributed by atoms with van der Waals surface area (Å²) in [5.41, 5.74) is -0.895. The number of hydrogen-bond donors (Lipinski definition) is 0. The van der Waals surface area contributed by atoms with Gasteiger partial charge in [-0.2, -0.15) is 13.2 Å². The van der Waals surface area contributed by atoms with E-state index in [4.69, 9.17) is 0 Å². The number of imidazole rings is 1. The maximum absolute atomic E-state index is 15.1. The Morgan fingerprint density at radius 2 is 1.83 bits per heavy atom. The van der Waals surface area contributed by atoms with Crippen LogP contribution in [0.4, 0.5) is 22.0 Å². The quantitative estimate of drug-likeness (QED) is 0.335. The summed E-state index contributed by atoms with van der Waals surface area (Å²) < 4.78 is 94.4. The maximum Gasteiger partial charge on any atom is 0.434 e. The zero-order chi connectivity index (χ0) is 25.4. The largest absolute Gasteiger partial charge is 0.434 e. The van der Waals surface area contributed by atoms with E-state index < -0.39 is 44.8 Å². The number of alkyl halides is 3. The van der Waals surface area contributed by atoms with Crippen molar-refractivity contribution in [3.8, 4) is 22.6 Å². The van der Waals surface area contributed by atoms with Gasteiger partial charge in [0.15, 0.2) is 27.2 Å². The van der Waals surface area contributed by atoms with Crippen molar-refractivity contribution in [2.75, 3.05) is 5.75 Å². The van der Waals surface area contributed by atoms with Crippen molar-refractivity contribution >= 4 is 9.84 Å². The van der Waals surface area contributed by atoms with Gasteiger partial charge in [0.2, 0.25) is 0 Å². The normalized spacial score (nSPS) is 12.3. The van der Waals surface area contributed by atoms with Crippen molar-refractivity contribution in [1.29, 1.82) is 0 Å². The molecule has 0 aliphatic rings.